The van der Waals surface area contributed by atoms with E-state index in [9.17, 15) is 4.79 Å². The summed E-state index contributed by atoms with van der Waals surface area (Å²) in [6.45, 7) is 9.23. The molecule has 0 radical (unpaired) electrons. The highest BCUT2D eigenvalue weighted by atomic mass is 16.5. The van der Waals surface area contributed by atoms with Crippen molar-refractivity contribution in [2.75, 3.05) is 19.8 Å². The molecule has 1 saturated heterocycles. The molecule has 29 heavy (non-hydrogen) atoms. The van der Waals surface area contributed by atoms with E-state index in [1.54, 1.807) is 6.20 Å². The summed E-state index contributed by atoms with van der Waals surface area (Å²) < 4.78 is 7.70. The molecule has 2 aromatic rings. The maximum atomic E-state index is 12.2. The number of hydrogen-bond acceptors (Lipinski definition) is 6. The summed E-state index contributed by atoms with van der Waals surface area (Å²) in [5.74, 6) is 1.21. The van der Waals surface area contributed by atoms with Crippen molar-refractivity contribution in [3.05, 3.63) is 30.1 Å². The van der Waals surface area contributed by atoms with Crippen LogP contribution < -0.4 is 5.32 Å². The van der Waals surface area contributed by atoms with Crippen LogP contribution in [0, 0.1) is 17.2 Å². The molecule has 8 heteroatoms. The smallest absolute Gasteiger partial charge is 0.271 e. The standard InChI is InChI=1S/C21H28N6O2/c1-21(2,3)20-26-18(14-27(20)13-15-5-9-29-10-6-15)16-11-23-12-17(25-16)19(28)24-8-4-7-22/h11-12,14-15H,4-6,8-10,13H2,1-3H3,(H,24,28). The van der Waals surface area contributed by atoms with E-state index in [1.165, 1.54) is 6.20 Å². The minimum Gasteiger partial charge on any atom is -0.381 e. The molecule has 0 aliphatic carbocycles. The van der Waals surface area contributed by atoms with E-state index in [0.717, 1.165) is 38.4 Å². The van der Waals surface area contributed by atoms with Gasteiger partial charge in [-0.2, -0.15) is 5.26 Å². The van der Waals surface area contributed by atoms with Crippen LogP contribution in [0.25, 0.3) is 11.4 Å². The van der Waals surface area contributed by atoms with Crippen molar-refractivity contribution in [3.63, 3.8) is 0 Å². The van der Waals surface area contributed by atoms with Gasteiger partial charge >= 0.3 is 0 Å². The molecule has 0 bridgehead atoms. The van der Waals surface area contributed by atoms with E-state index in [0.29, 0.717) is 17.3 Å². The molecular formula is C21H28N6O2. The van der Waals surface area contributed by atoms with Gasteiger partial charge in [0.15, 0.2) is 0 Å². The third kappa shape index (κ3) is 5.39. The Morgan fingerprint density at radius 3 is 2.72 bits per heavy atom. The summed E-state index contributed by atoms with van der Waals surface area (Å²) in [6.07, 6.45) is 7.42. The fourth-order valence-electron chi connectivity index (χ4n) is 3.41. The van der Waals surface area contributed by atoms with Gasteiger partial charge in [0.05, 0.1) is 24.9 Å². The van der Waals surface area contributed by atoms with Crippen LogP contribution in [0.5, 0.6) is 0 Å². The SMILES string of the molecule is CC(C)(C)c1nc(-c2cncc(C(=O)NCCC#N)n2)cn1CC1CCOCC1. The summed E-state index contributed by atoms with van der Waals surface area (Å²) in [6, 6.07) is 2.00. The first-order chi connectivity index (χ1) is 13.9. The summed E-state index contributed by atoms with van der Waals surface area (Å²) in [5, 5.41) is 11.3. The lowest BCUT2D eigenvalue weighted by Crippen LogP contribution is -2.25. The molecule has 8 nitrogen and oxygen atoms in total. The molecule has 0 atom stereocenters. The van der Waals surface area contributed by atoms with Gasteiger partial charge in [0.25, 0.3) is 5.91 Å². The quantitative estimate of drug-likeness (QED) is 0.753. The summed E-state index contributed by atoms with van der Waals surface area (Å²) in [5.41, 5.74) is 1.37. The van der Waals surface area contributed by atoms with Crippen LogP contribution in [-0.4, -0.2) is 45.2 Å². The Morgan fingerprint density at radius 2 is 2.03 bits per heavy atom. The molecule has 3 heterocycles. The van der Waals surface area contributed by atoms with Crippen LogP contribution in [0.4, 0.5) is 0 Å². The average Bonchev–Trinajstić information content (AvgIpc) is 3.13. The molecule has 1 amide bonds. The second-order valence-electron chi connectivity index (χ2n) is 8.36. The molecule has 0 aromatic carbocycles. The number of nitriles is 1. The zero-order valence-corrected chi connectivity index (χ0v) is 17.3. The minimum absolute atomic E-state index is 0.122. The second kappa shape index (κ2) is 9.14. The molecule has 0 spiro atoms. The fourth-order valence-corrected chi connectivity index (χ4v) is 3.41. The third-order valence-electron chi connectivity index (χ3n) is 4.90. The van der Waals surface area contributed by atoms with Crippen LogP contribution in [0.2, 0.25) is 0 Å². The first-order valence-corrected chi connectivity index (χ1v) is 10.0. The fraction of sp³-hybridized carbons (Fsp3) is 0.571. The average molecular weight is 396 g/mol. The number of carbonyl (C=O) groups is 1. The van der Waals surface area contributed by atoms with Gasteiger partial charge < -0.3 is 14.6 Å². The number of ether oxygens (including phenoxy) is 1. The van der Waals surface area contributed by atoms with Gasteiger partial charge in [-0.05, 0) is 18.8 Å². The van der Waals surface area contributed by atoms with Crippen molar-refractivity contribution in [1.29, 1.82) is 5.26 Å². The lowest BCUT2D eigenvalue weighted by atomic mass is 9.94. The first-order valence-electron chi connectivity index (χ1n) is 10.0. The number of amides is 1. The summed E-state index contributed by atoms with van der Waals surface area (Å²) in [7, 11) is 0. The molecule has 2 aromatic heterocycles. The number of nitrogens with one attached hydrogen (secondary N) is 1. The molecule has 1 aliphatic heterocycles. The van der Waals surface area contributed by atoms with Crippen molar-refractivity contribution in [3.8, 4) is 17.5 Å². The minimum atomic E-state index is -0.340. The molecule has 1 N–H and O–H groups in total. The highest BCUT2D eigenvalue weighted by Crippen LogP contribution is 2.28. The molecule has 1 aliphatic rings. The topological polar surface area (TPSA) is 106 Å². The van der Waals surface area contributed by atoms with Crippen molar-refractivity contribution >= 4 is 5.91 Å². The van der Waals surface area contributed by atoms with Crippen molar-refractivity contribution in [2.45, 2.75) is 52.0 Å². The van der Waals surface area contributed by atoms with Crippen LogP contribution in [-0.2, 0) is 16.7 Å². The molecule has 0 saturated carbocycles. The molecule has 154 valence electrons. The largest absolute Gasteiger partial charge is 0.381 e. The third-order valence-corrected chi connectivity index (χ3v) is 4.90. The van der Waals surface area contributed by atoms with Crippen LogP contribution in [0.15, 0.2) is 18.6 Å². The molecule has 1 fully saturated rings. The summed E-state index contributed by atoms with van der Waals surface area (Å²) in [4.78, 5) is 25.7. The highest BCUT2D eigenvalue weighted by molar-refractivity contribution is 5.92. The van der Waals surface area contributed by atoms with Gasteiger partial charge in [0.1, 0.15) is 22.9 Å². The number of carbonyl (C=O) groups excluding carboxylic acids is 1. The van der Waals surface area contributed by atoms with E-state index < -0.39 is 0 Å². The van der Waals surface area contributed by atoms with Gasteiger partial charge in [0.2, 0.25) is 0 Å². The Labute approximate surface area is 171 Å². The molecular weight excluding hydrogens is 368 g/mol. The summed E-state index contributed by atoms with van der Waals surface area (Å²) >= 11 is 0. The Bertz CT molecular complexity index is 887. The first kappa shape index (κ1) is 20.9. The van der Waals surface area contributed by atoms with Crippen LogP contribution in [0.3, 0.4) is 0 Å². The van der Waals surface area contributed by atoms with E-state index in [-0.39, 0.29) is 30.0 Å². The van der Waals surface area contributed by atoms with E-state index in [4.69, 9.17) is 15.0 Å². The van der Waals surface area contributed by atoms with Gasteiger partial charge in [0, 0.05) is 37.9 Å². The maximum Gasteiger partial charge on any atom is 0.271 e. The van der Waals surface area contributed by atoms with Crippen LogP contribution >= 0.6 is 0 Å². The second-order valence-corrected chi connectivity index (χ2v) is 8.36. The zero-order chi connectivity index (χ0) is 20.9. The highest BCUT2D eigenvalue weighted by Gasteiger charge is 2.25. The van der Waals surface area contributed by atoms with E-state index >= 15 is 0 Å². The lowest BCUT2D eigenvalue weighted by molar-refractivity contribution is 0.0607. The number of rotatable bonds is 6. The predicted molar refractivity (Wildman–Crippen MR) is 108 cm³/mol. The van der Waals surface area contributed by atoms with Crippen molar-refractivity contribution < 1.29 is 9.53 Å². The normalized spacial score (nSPS) is 15.1. The van der Waals surface area contributed by atoms with Gasteiger partial charge in [-0.1, -0.05) is 20.8 Å². The number of nitrogens with zero attached hydrogens (tertiary/aromatic N) is 5. The lowest BCUT2D eigenvalue weighted by Gasteiger charge is -2.25. The van der Waals surface area contributed by atoms with E-state index in [2.05, 4.69) is 40.6 Å². The van der Waals surface area contributed by atoms with Gasteiger partial charge in [-0.25, -0.2) is 9.97 Å². The zero-order valence-electron chi connectivity index (χ0n) is 17.3. The van der Waals surface area contributed by atoms with Crippen molar-refractivity contribution in [2.24, 2.45) is 5.92 Å². The monoisotopic (exact) mass is 396 g/mol. The van der Waals surface area contributed by atoms with E-state index in [1.807, 2.05) is 12.3 Å². The Hall–Kier alpha value is -2.79. The Balaban J connectivity index is 1.85. The molecule has 3 rings (SSSR count). The van der Waals surface area contributed by atoms with Gasteiger partial charge in [-0.15, -0.1) is 0 Å². The Kier molecular flexibility index (Phi) is 6.60. The van der Waals surface area contributed by atoms with Gasteiger partial charge in [-0.3, -0.25) is 9.78 Å². The maximum absolute atomic E-state index is 12.2. The molecule has 0 unspecified atom stereocenters. The van der Waals surface area contributed by atoms with Crippen molar-refractivity contribution in [1.82, 2.24) is 24.8 Å². The number of hydrogen-bond donors (Lipinski definition) is 1. The Morgan fingerprint density at radius 1 is 1.28 bits per heavy atom. The van der Waals surface area contributed by atoms with Crippen LogP contribution in [0.1, 0.15) is 56.3 Å². The number of imidazole rings is 1. The predicted octanol–water partition coefficient (Wildman–Crippen LogP) is 2.71. The number of aromatic nitrogens is 4.